The van der Waals surface area contributed by atoms with Crippen molar-refractivity contribution in [3.8, 4) is 0 Å². The lowest BCUT2D eigenvalue weighted by Gasteiger charge is -2.11. The SMILES string of the molecule is CC(C)C[C@H](N)C(=O)O.CC(C)[C@H](N)C(=O)O.CCC(C)[C@H](N)C(=O)O.N=C(N)NCCC[C@H](N)C(=O)O. The third-order valence-corrected chi connectivity index (χ3v) is 4.91. The Morgan fingerprint density at radius 1 is 0.763 bits per heavy atom. The standard InChI is InChI=1S/C6H14N4O2.2C6H13NO2.C5H11NO2/c7-4(5(11)12)2-1-3-10-6(8)9;1-4(2)3-5(7)6(8)9;1-3-4(2)5(7)6(8)9;1-3(2)4(6)5(7)8/h4H,1-3,7H2,(H,11,12)(H4,8,9,10);2*4-5H,3,7H2,1-2H3,(H,8,9);3-4H,6H2,1-2H3,(H,7,8)/t4-;5-;4?,5-;4-/m0000/s1. The number of nitrogens with one attached hydrogen (secondary N) is 2. The van der Waals surface area contributed by atoms with Gasteiger partial charge in [0, 0.05) is 6.54 Å². The van der Waals surface area contributed by atoms with Crippen LogP contribution in [0.15, 0.2) is 0 Å². The molecule has 0 fully saturated rings. The summed E-state index contributed by atoms with van der Waals surface area (Å²) in [6.07, 6.45) is 2.34. The number of rotatable bonds is 13. The second kappa shape index (κ2) is 24.3. The van der Waals surface area contributed by atoms with Crippen molar-refractivity contribution >= 4 is 29.8 Å². The first-order chi connectivity index (χ1) is 17.2. The van der Waals surface area contributed by atoms with Crippen LogP contribution < -0.4 is 34.0 Å². The number of hydrogen-bond acceptors (Lipinski definition) is 9. The molecule has 0 aliphatic carbocycles. The molecule has 0 radical (unpaired) electrons. The lowest BCUT2D eigenvalue weighted by atomic mass is 10.0. The highest BCUT2D eigenvalue weighted by atomic mass is 16.4. The summed E-state index contributed by atoms with van der Waals surface area (Å²) in [6, 6.07) is -2.92. The van der Waals surface area contributed by atoms with E-state index in [4.69, 9.17) is 54.5 Å². The summed E-state index contributed by atoms with van der Waals surface area (Å²) >= 11 is 0. The molecule has 0 saturated heterocycles. The Morgan fingerprint density at radius 3 is 1.37 bits per heavy atom. The van der Waals surface area contributed by atoms with E-state index in [0.717, 1.165) is 6.42 Å². The summed E-state index contributed by atoms with van der Waals surface area (Å²) in [5.41, 5.74) is 25.9. The van der Waals surface area contributed by atoms with Gasteiger partial charge in [0.1, 0.15) is 24.2 Å². The molecule has 0 aromatic rings. The molecule has 0 aliphatic rings. The smallest absolute Gasteiger partial charge is 0.320 e. The van der Waals surface area contributed by atoms with Crippen molar-refractivity contribution in [3.63, 3.8) is 0 Å². The Bertz CT molecular complexity index is 693. The fraction of sp³-hybridized carbons (Fsp3) is 0.783. The van der Waals surface area contributed by atoms with E-state index < -0.39 is 48.0 Å². The first-order valence-electron chi connectivity index (χ1n) is 12.2. The molecule has 0 amide bonds. The molecule has 5 atom stereocenters. The number of hydrogen-bond donors (Lipinski definition) is 11. The Kier molecular flexibility index (Phi) is 27.0. The normalized spacial score (nSPS) is 14.0. The molecule has 0 bridgehead atoms. The van der Waals surface area contributed by atoms with Crippen LogP contribution in [0.5, 0.6) is 0 Å². The van der Waals surface area contributed by atoms with E-state index in [-0.39, 0.29) is 17.8 Å². The predicted octanol–water partition coefficient (Wildman–Crippen LogP) is -0.395. The van der Waals surface area contributed by atoms with Gasteiger partial charge >= 0.3 is 23.9 Å². The highest BCUT2D eigenvalue weighted by Crippen LogP contribution is 2.04. The lowest BCUT2D eigenvalue weighted by molar-refractivity contribution is -0.140. The number of nitrogens with two attached hydrogens (primary N) is 5. The minimum atomic E-state index is -1.00. The molecule has 15 heteroatoms. The van der Waals surface area contributed by atoms with Crippen LogP contribution in [0, 0.1) is 23.2 Å². The summed E-state index contributed by atoms with van der Waals surface area (Å²) in [5.74, 6) is -3.42. The average molecular weight is 554 g/mol. The van der Waals surface area contributed by atoms with Crippen LogP contribution in [-0.4, -0.2) is 81.0 Å². The largest absolute Gasteiger partial charge is 0.480 e. The molecule has 0 spiro atoms. The second-order valence-corrected chi connectivity index (χ2v) is 9.36. The van der Waals surface area contributed by atoms with E-state index in [0.29, 0.717) is 31.7 Å². The van der Waals surface area contributed by atoms with Gasteiger partial charge in [-0.05, 0) is 37.0 Å². The van der Waals surface area contributed by atoms with Gasteiger partial charge in [-0.1, -0.05) is 48.0 Å². The van der Waals surface area contributed by atoms with E-state index in [1.165, 1.54) is 0 Å². The molecule has 38 heavy (non-hydrogen) atoms. The van der Waals surface area contributed by atoms with E-state index in [1.54, 1.807) is 13.8 Å². The molecule has 0 aromatic carbocycles. The van der Waals surface area contributed by atoms with Crippen LogP contribution >= 0.6 is 0 Å². The van der Waals surface area contributed by atoms with Gasteiger partial charge < -0.3 is 54.4 Å². The Hall–Kier alpha value is -3.01. The van der Waals surface area contributed by atoms with Gasteiger partial charge in [0.15, 0.2) is 5.96 Å². The van der Waals surface area contributed by atoms with E-state index in [9.17, 15) is 19.2 Å². The maximum Gasteiger partial charge on any atom is 0.320 e. The third kappa shape index (κ3) is 29.2. The van der Waals surface area contributed by atoms with Gasteiger partial charge in [-0.2, -0.15) is 0 Å². The van der Waals surface area contributed by atoms with E-state index in [2.05, 4.69) is 5.32 Å². The molecule has 0 aliphatic heterocycles. The number of carboxylic acids is 4. The Balaban J connectivity index is -0.000000205. The summed E-state index contributed by atoms with van der Waals surface area (Å²) < 4.78 is 0. The average Bonchev–Trinajstić information content (AvgIpc) is 2.80. The maximum absolute atomic E-state index is 10.2. The van der Waals surface area contributed by atoms with Crippen LogP contribution in [0.2, 0.25) is 0 Å². The van der Waals surface area contributed by atoms with Crippen molar-refractivity contribution in [1.29, 1.82) is 5.41 Å². The van der Waals surface area contributed by atoms with Crippen molar-refractivity contribution in [2.45, 2.75) is 91.4 Å². The monoisotopic (exact) mass is 553 g/mol. The van der Waals surface area contributed by atoms with Gasteiger partial charge in [-0.3, -0.25) is 24.6 Å². The van der Waals surface area contributed by atoms with Gasteiger partial charge in [0.05, 0.1) is 0 Å². The molecule has 0 saturated carbocycles. The van der Waals surface area contributed by atoms with Gasteiger partial charge in [-0.25, -0.2) is 0 Å². The lowest BCUT2D eigenvalue weighted by Crippen LogP contribution is -2.36. The van der Waals surface area contributed by atoms with Crippen LogP contribution in [0.4, 0.5) is 0 Å². The fourth-order valence-corrected chi connectivity index (χ4v) is 2.06. The van der Waals surface area contributed by atoms with Crippen molar-refractivity contribution in [3.05, 3.63) is 0 Å². The number of carboxylic acid groups (broad SMARTS) is 4. The fourth-order valence-electron chi connectivity index (χ4n) is 2.06. The molecular weight excluding hydrogens is 502 g/mol. The topological polar surface area (TPSA) is 315 Å². The number of aliphatic carboxylic acids is 4. The summed E-state index contributed by atoms with van der Waals surface area (Å²) in [7, 11) is 0. The zero-order valence-electron chi connectivity index (χ0n) is 23.4. The summed E-state index contributed by atoms with van der Waals surface area (Å²) in [6.45, 7) is 11.7. The predicted molar refractivity (Wildman–Crippen MR) is 145 cm³/mol. The quantitative estimate of drug-likeness (QED) is 0.0785. The third-order valence-electron chi connectivity index (χ3n) is 4.91. The highest BCUT2D eigenvalue weighted by Gasteiger charge is 2.17. The minimum absolute atomic E-state index is 0.0208. The van der Waals surface area contributed by atoms with Gasteiger partial charge in [0.25, 0.3) is 0 Å². The number of carbonyl (C=O) groups is 4. The summed E-state index contributed by atoms with van der Waals surface area (Å²) in [4.78, 5) is 40.5. The van der Waals surface area contributed by atoms with Crippen molar-refractivity contribution < 1.29 is 39.6 Å². The zero-order valence-corrected chi connectivity index (χ0v) is 23.4. The first-order valence-corrected chi connectivity index (χ1v) is 12.2. The van der Waals surface area contributed by atoms with Gasteiger partial charge in [0.2, 0.25) is 0 Å². The summed E-state index contributed by atoms with van der Waals surface area (Å²) in [5, 5.41) is 42.6. The van der Waals surface area contributed by atoms with Crippen LogP contribution in [0.3, 0.4) is 0 Å². The van der Waals surface area contributed by atoms with Gasteiger partial charge in [-0.15, -0.1) is 0 Å². The molecule has 0 heterocycles. The Labute approximate surface area is 225 Å². The molecule has 15 nitrogen and oxygen atoms in total. The maximum atomic E-state index is 10.2. The van der Waals surface area contributed by atoms with E-state index >= 15 is 0 Å². The minimum Gasteiger partial charge on any atom is -0.480 e. The molecule has 0 rings (SSSR count). The van der Waals surface area contributed by atoms with Crippen LogP contribution in [0.1, 0.15) is 67.2 Å². The Morgan fingerprint density at radius 2 is 1.18 bits per heavy atom. The molecule has 0 aromatic heterocycles. The van der Waals surface area contributed by atoms with Crippen molar-refractivity contribution in [1.82, 2.24) is 5.32 Å². The molecular formula is C23H51N7O8. The molecule has 16 N–H and O–H groups in total. The second-order valence-electron chi connectivity index (χ2n) is 9.36. The molecule has 226 valence electrons. The van der Waals surface area contributed by atoms with Crippen LogP contribution in [0.25, 0.3) is 0 Å². The highest BCUT2D eigenvalue weighted by molar-refractivity contribution is 5.75. The zero-order chi connectivity index (χ0) is 31.2. The first kappa shape index (κ1) is 42.1. The number of guanidine groups is 1. The molecule has 1 unspecified atom stereocenters. The van der Waals surface area contributed by atoms with Crippen molar-refractivity contribution in [2.24, 2.45) is 46.4 Å². The van der Waals surface area contributed by atoms with Crippen LogP contribution in [-0.2, 0) is 19.2 Å². The van der Waals surface area contributed by atoms with E-state index in [1.807, 2.05) is 27.7 Å². The van der Waals surface area contributed by atoms with Crippen molar-refractivity contribution in [2.75, 3.05) is 6.54 Å².